The van der Waals surface area contributed by atoms with E-state index in [1.165, 1.54) is 37.3 Å². The Morgan fingerprint density at radius 2 is 1.67 bits per heavy atom. The highest BCUT2D eigenvalue weighted by atomic mass is 35.5. The molecule has 0 aliphatic carbocycles. The molecule has 1 aromatic rings. The van der Waals surface area contributed by atoms with Crippen molar-refractivity contribution in [2.45, 2.75) is 20.4 Å². The van der Waals surface area contributed by atoms with E-state index in [1.807, 2.05) is 0 Å². The Labute approximate surface area is 116 Å². The molecule has 2 fully saturated rings. The predicted molar refractivity (Wildman–Crippen MR) is 78.3 cm³/mol. The van der Waals surface area contributed by atoms with Gasteiger partial charge < -0.3 is 5.32 Å². The maximum absolute atomic E-state index is 3.50. The van der Waals surface area contributed by atoms with Crippen LogP contribution in [0.2, 0.25) is 0 Å². The normalized spacial score (nSPS) is 27.0. The number of likely N-dealkylation sites (tertiary alicyclic amines) is 1. The van der Waals surface area contributed by atoms with E-state index in [4.69, 9.17) is 0 Å². The molecule has 2 saturated heterocycles. The number of benzene rings is 1. The number of halogens is 1. The molecule has 3 heteroatoms. The summed E-state index contributed by atoms with van der Waals surface area (Å²) < 4.78 is 0. The largest absolute Gasteiger partial charge is 0.316 e. The number of aryl methyl sites for hydroxylation is 2. The second-order valence-electron chi connectivity index (χ2n) is 5.74. The number of nitrogens with zero attached hydrogens (tertiary/aromatic N) is 1. The summed E-state index contributed by atoms with van der Waals surface area (Å²) in [5, 5.41) is 3.50. The lowest BCUT2D eigenvalue weighted by atomic mass is 10.0. The van der Waals surface area contributed by atoms with Crippen molar-refractivity contribution in [3.63, 3.8) is 0 Å². The average Bonchev–Trinajstić information content (AvgIpc) is 2.83. The highest BCUT2D eigenvalue weighted by Gasteiger charge is 2.35. The molecule has 0 bridgehead atoms. The van der Waals surface area contributed by atoms with Crippen molar-refractivity contribution < 1.29 is 0 Å². The van der Waals surface area contributed by atoms with Gasteiger partial charge in [-0.15, -0.1) is 12.4 Å². The number of nitrogens with one attached hydrogen (secondary N) is 1. The number of fused-ring (bicyclic) bond motifs is 1. The van der Waals surface area contributed by atoms with Gasteiger partial charge in [0.25, 0.3) is 0 Å². The molecule has 100 valence electrons. The molecule has 18 heavy (non-hydrogen) atoms. The van der Waals surface area contributed by atoms with E-state index in [0.29, 0.717) is 0 Å². The molecular formula is C15H23ClN2. The van der Waals surface area contributed by atoms with Crippen molar-refractivity contribution in [3.8, 4) is 0 Å². The Morgan fingerprint density at radius 1 is 1.11 bits per heavy atom. The van der Waals surface area contributed by atoms with Gasteiger partial charge in [-0.25, -0.2) is 0 Å². The van der Waals surface area contributed by atoms with Crippen LogP contribution in [0.25, 0.3) is 0 Å². The Bertz CT molecular complexity index is 387. The van der Waals surface area contributed by atoms with Gasteiger partial charge in [-0.2, -0.15) is 0 Å². The molecule has 1 aromatic carbocycles. The summed E-state index contributed by atoms with van der Waals surface area (Å²) >= 11 is 0. The van der Waals surface area contributed by atoms with Gasteiger partial charge in [0.05, 0.1) is 0 Å². The quantitative estimate of drug-likeness (QED) is 0.884. The minimum absolute atomic E-state index is 0. The minimum atomic E-state index is 0. The molecule has 2 nitrogen and oxygen atoms in total. The molecule has 0 aromatic heterocycles. The van der Waals surface area contributed by atoms with Gasteiger partial charge in [0.2, 0.25) is 0 Å². The second-order valence-corrected chi connectivity index (χ2v) is 5.74. The van der Waals surface area contributed by atoms with Crippen molar-refractivity contribution in [1.82, 2.24) is 10.2 Å². The van der Waals surface area contributed by atoms with E-state index in [1.54, 1.807) is 5.56 Å². The molecule has 0 unspecified atom stereocenters. The van der Waals surface area contributed by atoms with Gasteiger partial charge in [0, 0.05) is 19.6 Å². The van der Waals surface area contributed by atoms with Crippen LogP contribution in [-0.4, -0.2) is 31.1 Å². The van der Waals surface area contributed by atoms with Gasteiger partial charge in [-0.3, -0.25) is 4.90 Å². The first-order valence-corrected chi connectivity index (χ1v) is 6.72. The summed E-state index contributed by atoms with van der Waals surface area (Å²) in [5.74, 6) is 1.80. The van der Waals surface area contributed by atoms with E-state index < -0.39 is 0 Å². The van der Waals surface area contributed by atoms with Gasteiger partial charge in [0.1, 0.15) is 0 Å². The van der Waals surface area contributed by atoms with Crippen LogP contribution >= 0.6 is 12.4 Å². The molecular weight excluding hydrogens is 244 g/mol. The highest BCUT2D eigenvalue weighted by Crippen LogP contribution is 2.28. The van der Waals surface area contributed by atoms with Crippen LogP contribution in [0.15, 0.2) is 18.2 Å². The predicted octanol–water partition coefficient (Wildman–Crippen LogP) is 2.38. The second kappa shape index (κ2) is 5.60. The molecule has 0 spiro atoms. The minimum Gasteiger partial charge on any atom is -0.316 e. The maximum Gasteiger partial charge on any atom is 0.0239 e. The van der Waals surface area contributed by atoms with Gasteiger partial charge in [-0.05, 0) is 55.5 Å². The fourth-order valence-electron chi connectivity index (χ4n) is 3.40. The summed E-state index contributed by atoms with van der Waals surface area (Å²) in [6.07, 6.45) is 0. The molecule has 2 atom stereocenters. The van der Waals surface area contributed by atoms with Gasteiger partial charge in [-0.1, -0.05) is 18.2 Å². The lowest BCUT2D eigenvalue weighted by molar-refractivity contribution is 0.304. The zero-order chi connectivity index (χ0) is 11.8. The summed E-state index contributed by atoms with van der Waals surface area (Å²) in [4.78, 5) is 2.64. The van der Waals surface area contributed by atoms with Crippen LogP contribution < -0.4 is 5.32 Å². The summed E-state index contributed by atoms with van der Waals surface area (Å²) in [5.41, 5.74) is 4.43. The van der Waals surface area contributed by atoms with Crippen LogP contribution in [0.1, 0.15) is 16.7 Å². The molecule has 3 rings (SSSR count). The van der Waals surface area contributed by atoms with Crippen LogP contribution in [0, 0.1) is 25.7 Å². The molecule has 2 heterocycles. The Hall–Kier alpha value is -0.570. The van der Waals surface area contributed by atoms with E-state index in [9.17, 15) is 0 Å². The lowest BCUT2D eigenvalue weighted by Crippen LogP contribution is -2.26. The molecule has 1 N–H and O–H groups in total. The number of hydrogen-bond acceptors (Lipinski definition) is 2. The molecule has 0 amide bonds. The summed E-state index contributed by atoms with van der Waals surface area (Å²) in [7, 11) is 0. The Kier molecular flexibility index (Phi) is 4.31. The van der Waals surface area contributed by atoms with E-state index in [-0.39, 0.29) is 12.4 Å². The van der Waals surface area contributed by atoms with E-state index in [2.05, 4.69) is 42.3 Å². The Balaban J connectivity index is 0.00000120. The van der Waals surface area contributed by atoms with Crippen molar-refractivity contribution in [2.75, 3.05) is 26.2 Å². The fourth-order valence-corrected chi connectivity index (χ4v) is 3.40. The van der Waals surface area contributed by atoms with Gasteiger partial charge in [0.15, 0.2) is 0 Å². The van der Waals surface area contributed by atoms with Crippen molar-refractivity contribution in [3.05, 3.63) is 34.9 Å². The first kappa shape index (κ1) is 13.9. The highest BCUT2D eigenvalue weighted by molar-refractivity contribution is 5.85. The first-order valence-electron chi connectivity index (χ1n) is 6.72. The maximum atomic E-state index is 3.50. The van der Waals surface area contributed by atoms with Gasteiger partial charge >= 0.3 is 0 Å². The molecule has 2 aliphatic heterocycles. The summed E-state index contributed by atoms with van der Waals surface area (Å²) in [6.45, 7) is 10.6. The number of rotatable bonds is 2. The zero-order valence-corrected chi connectivity index (χ0v) is 12.1. The molecule has 0 saturated carbocycles. The van der Waals surface area contributed by atoms with Crippen molar-refractivity contribution in [1.29, 1.82) is 0 Å². The van der Waals surface area contributed by atoms with Crippen LogP contribution in [0.4, 0.5) is 0 Å². The third kappa shape index (κ3) is 2.56. The van der Waals surface area contributed by atoms with E-state index in [0.717, 1.165) is 18.4 Å². The van der Waals surface area contributed by atoms with Crippen LogP contribution in [0.5, 0.6) is 0 Å². The average molecular weight is 267 g/mol. The monoisotopic (exact) mass is 266 g/mol. The lowest BCUT2D eigenvalue weighted by Gasteiger charge is -2.19. The van der Waals surface area contributed by atoms with Crippen molar-refractivity contribution in [2.24, 2.45) is 11.8 Å². The zero-order valence-electron chi connectivity index (χ0n) is 11.3. The fraction of sp³-hybridized carbons (Fsp3) is 0.600. The summed E-state index contributed by atoms with van der Waals surface area (Å²) in [6, 6.07) is 6.64. The molecule has 0 radical (unpaired) electrons. The third-order valence-corrected chi connectivity index (χ3v) is 4.49. The Morgan fingerprint density at radius 3 is 2.22 bits per heavy atom. The van der Waals surface area contributed by atoms with Crippen molar-refractivity contribution >= 4 is 12.4 Å². The van der Waals surface area contributed by atoms with Crippen LogP contribution in [0.3, 0.4) is 0 Å². The topological polar surface area (TPSA) is 15.3 Å². The van der Waals surface area contributed by atoms with Crippen LogP contribution in [-0.2, 0) is 6.54 Å². The standard InChI is InChI=1S/C15H22N2.ClH/c1-11-4-3-5-12(2)15(11)10-17-8-13-6-16-7-14(13)9-17;/h3-5,13-14,16H,6-10H2,1-2H3;1H/t13-,14+;. The smallest absolute Gasteiger partial charge is 0.0239 e. The molecule has 2 aliphatic rings. The van der Waals surface area contributed by atoms with E-state index >= 15 is 0 Å². The first-order chi connectivity index (χ1) is 8.24. The number of hydrogen-bond donors (Lipinski definition) is 1. The third-order valence-electron chi connectivity index (χ3n) is 4.49. The SMILES string of the molecule is Cc1cccc(C)c1CN1C[C@H]2CNC[C@H]2C1.Cl.